The Morgan fingerprint density at radius 2 is 2.23 bits per heavy atom. The molecule has 0 aromatic rings. The van der Waals surface area contributed by atoms with Gasteiger partial charge in [0.05, 0.1) is 0 Å². The molecule has 0 radical (unpaired) electrons. The molecule has 1 saturated heterocycles. The Bertz CT molecular complexity index is 194. The lowest BCUT2D eigenvalue weighted by atomic mass is 10.00. The molecular formula is C11H19NO. The van der Waals surface area contributed by atoms with Crippen molar-refractivity contribution in [3.8, 4) is 0 Å². The zero-order valence-electron chi connectivity index (χ0n) is 8.46. The lowest BCUT2D eigenvalue weighted by molar-refractivity contribution is 0.0559. The van der Waals surface area contributed by atoms with Crippen LogP contribution in [0.3, 0.4) is 0 Å². The van der Waals surface area contributed by atoms with Crippen LogP contribution in [0.2, 0.25) is 0 Å². The predicted octanol–water partition coefficient (Wildman–Crippen LogP) is 1.67. The Kier molecular flexibility index (Phi) is 3.01. The summed E-state index contributed by atoms with van der Waals surface area (Å²) in [6.07, 6.45) is 4.87. The third kappa shape index (κ3) is 2.55. The Morgan fingerprint density at radius 3 is 2.85 bits per heavy atom. The number of rotatable bonds is 2. The van der Waals surface area contributed by atoms with Crippen molar-refractivity contribution in [2.75, 3.05) is 32.8 Å². The minimum absolute atomic E-state index is 0.882. The van der Waals surface area contributed by atoms with Crippen LogP contribution in [0.1, 0.15) is 19.8 Å². The summed E-state index contributed by atoms with van der Waals surface area (Å²) in [4.78, 5) is 2.55. The Morgan fingerprint density at radius 1 is 1.46 bits per heavy atom. The molecule has 2 aliphatic rings. The SMILES string of the molecule is CC1=CCN(CC2CCOCC2)C1. The van der Waals surface area contributed by atoms with Crippen molar-refractivity contribution in [1.29, 1.82) is 0 Å². The molecule has 0 unspecified atom stereocenters. The van der Waals surface area contributed by atoms with Crippen LogP contribution in [0.5, 0.6) is 0 Å². The monoisotopic (exact) mass is 181 g/mol. The molecule has 0 aromatic carbocycles. The molecule has 13 heavy (non-hydrogen) atoms. The number of ether oxygens (including phenoxy) is 1. The van der Waals surface area contributed by atoms with E-state index in [0.29, 0.717) is 0 Å². The first kappa shape index (κ1) is 9.22. The van der Waals surface area contributed by atoms with Crippen LogP contribution >= 0.6 is 0 Å². The summed E-state index contributed by atoms with van der Waals surface area (Å²) in [6.45, 7) is 7.82. The molecule has 0 bridgehead atoms. The molecule has 2 nitrogen and oxygen atoms in total. The van der Waals surface area contributed by atoms with Crippen LogP contribution < -0.4 is 0 Å². The van der Waals surface area contributed by atoms with E-state index in [1.54, 1.807) is 0 Å². The molecule has 0 N–H and O–H groups in total. The summed E-state index contributed by atoms with van der Waals surface area (Å²) in [5.74, 6) is 0.882. The van der Waals surface area contributed by atoms with Gasteiger partial charge < -0.3 is 4.74 Å². The Balaban J connectivity index is 1.72. The fraction of sp³-hybridized carbons (Fsp3) is 0.818. The van der Waals surface area contributed by atoms with Gasteiger partial charge in [-0.15, -0.1) is 0 Å². The molecule has 0 spiro atoms. The second-order valence-corrected chi connectivity index (χ2v) is 4.30. The quantitative estimate of drug-likeness (QED) is 0.601. The minimum Gasteiger partial charge on any atom is -0.381 e. The van der Waals surface area contributed by atoms with E-state index in [2.05, 4.69) is 17.9 Å². The van der Waals surface area contributed by atoms with Crippen LogP contribution in [0.15, 0.2) is 11.6 Å². The molecule has 1 fully saturated rings. The molecule has 0 aromatic heterocycles. The van der Waals surface area contributed by atoms with Crippen LogP contribution in [-0.4, -0.2) is 37.7 Å². The first-order chi connectivity index (χ1) is 6.34. The van der Waals surface area contributed by atoms with E-state index in [0.717, 1.165) is 19.1 Å². The molecule has 74 valence electrons. The van der Waals surface area contributed by atoms with Gasteiger partial charge in [-0.25, -0.2) is 0 Å². The predicted molar refractivity (Wildman–Crippen MR) is 53.7 cm³/mol. The number of nitrogens with zero attached hydrogens (tertiary/aromatic N) is 1. The second kappa shape index (κ2) is 4.25. The lowest BCUT2D eigenvalue weighted by Crippen LogP contribution is -2.31. The van der Waals surface area contributed by atoms with Crippen LogP contribution in [0, 0.1) is 5.92 Å². The summed E-state index contributed by atoms with van der Waals surface area (Å²) in [5.41, 5.74) is 1.53. The van der Waals surface area contributed by atoms with Gasteiger partial charge in [0.1, 0.15) is 0 Å². The molecule has 0 aliphatic carbocycles. The van der Waals surface area contributed by atoms with E-state index in [1.807, 2.05) is 0 Å². The first-order valence-corrected chi connectivity index (χ1v) is 5.30. The van der Waals surface area contributed by atoms with E-state index >= 15 is 0 Å². The third-order valence-corrected chi connectivity index (χ3v) is 3.03. The maximum Gasteiger partial charge on any atom is 0.0469 e. The first-order valence-electron chi connectivity index (χ1n) is 5.30. The normalized spacial score (nSPS) is 26.4. The van der Waals surface area contributed by atoms with Gasteiger partial charge >= 0.3 is 0 Å². The molecule has 2 aliphatic heterocycles. The second-order valence-electron chi connectivity index (χ2n) is 4.30. The smallest absolute Gasteiger partial charge is 0.0469 e. The number of hydrogen-bond acceptors (Lipinski definition) is 2. The van der Waals surface area contributed by atoms with Crippen molar-refractivity contribution in [2.24, 2.45) is 5.92 Å². The highest BCUT2D eigenvalue weighted by atomic mass is 16.5. The summed E-state index contributed by atoms with van der Waals surface area (Å²) in [5, 5.41) is 0. The van der Waals surface area contributed by atoms with Gasteiger partial charge in [-0.2, -0.15) is 0 Å². The van der Waals surface area contributed by atoms with Crippen molar-refractivity contribution >= 4 is 0 Å². The van der Waals surface area contributed by atoms with E-state index in [4.69, 9.17) is 4.74 Å². The minimum atomic E-state index is 0.882. The maximum absolute atomic E-state index is 5.35. The maximum atomic E-state index is 5.35. The van der Waals surface area contributed by atoms with Gasteiger partial charge in [0.15, 0.2) is 0 Å². The van der Waals surface area contributed by atoms with Crippen LogP contribution in [0.4, 0.5) is 0 Å². The van der Waals surface area contributed by atoms with Gasteiger partial charge in [0.2, 0.25) is 0 Å². The third-order valence-electron chi connectivity index (χ3n) is 3.03. The Hall–Kier alpha value is -0.340. The van der Waals surface area contributed by atoms with Crippen LogP contribution in [0.25, 0.3) is 0 Å². The molecule has 0 saturated carbocycles. The fourth-order valence-electron chi connectivity index (χ4n) is 2.20. The van der Waals surface area contributed by atoms with Crippen molar-refractivity contribution in [3.05, 3.63) is 11.6 Å². The molecule has 2 heterocycles. The molecule has 2 rings (SSSR count). The van der Waals surface area contributed by atoms with E-state index in [9.17, 15) is 0 Å². The molecular weight excluding hydrogens is 162 g/mol. The van der Waals surface area contributed by atoms with Crippen molar-refractivity contribution in [2.45, 2.75) is 19.8 Å². The summed E-state index contributed by atoms with van der Waals surface area (Å²) in [6, 6.07) is 0. The van der Waals surface area contributed by atoms with E-state index in [1.165, 1.54) is 38.0 Å². The zero-order chi connectivity index (χ0) is 9.10. The van der Waals surface area contributed by atoms with Gasteiger partial charge in [-0.05, 0) is 25.7 Å². The van der Waals surface area contributed by atoms with E-state index < -0.39 is 0 Å². The van der Waals surface area contributed by atoms with Crippen molar-refractivity contribution < 1.29 is 4.74 Å². The fourth-order valence-corrected chi connectivity index (χ4v) is 2.20. The molecule has 0 atom stereocenters. The summed E-state index contributed by atoms with van der Waals surface area (Å²) in [7, 11) is 0. The molecule has 0 amide bonds. The van der Waals surface area contributed by atoms with E-state index in [-0.39, 0.29) is 0 Å². The van der Waals surface area contributed by atoms with Crippen molar-refractivity contribution in [3.63, 3.8) is 0 Å². The lowest BCUT2D eigenvalue weighted by Gasteiger charge is -2.26. The highest BCUT2D eigenvalue weighted by Crippen LogP contribution is 2.18. The highest BCUT2D eigenvalue weighted by Gasteiger charge is 2.19. The van der Waals surface area contributed by atoms with Gasteiger partial charge in [0.25, 0.3) is 0 Å². The molecule has 2 heteroatoms. The van der Waals surface area contributed by atoms with Gasteiger partial charge in [-0.3, -0.25) is 4.90 Å². The standard InChI is InChI=1S/C11H19NO/c1-10-2-5-12(8-10)9-11-3-6-13-7-4-11/h2,11H,3-9H2,1H3. The van der Waals surface area contributed by atoms with Crippen LogP contribution in [-0.2, 0) is 4.74 Å². The number of hydrogen-bond donors (Lipinski definition) is 0. The highest BCUT2D eigenvalue weighted by molar-refractivity contribution is 5.08. The average molecular weight is 181 g/mol. The van der Waals surface area contributed by atoms with Gasteiger partial charge in [0, 0.05) is 32.8 Å². The average Bonchev–Trinajstić information content (AvgIpc) is 2.53. The van der Waals surface area contributed by atoms with Crippen molar-refractivity contribution in [1.82, 2.24) is 4.90 Å². The summed E-state index contributed by atoms with van der Waals surface area (Å²) >= 11 is 0. The summed E-state index contributed by atoms with van der Waals surface area (Å²) < 4.78 is 5.35. The van der Waals surface area contributed by atoms with Gasteiger partial charge in [-0.1, -0.05) is 11.6 Å². The Labute approximate surface area is 80.6 Å². The zero-order valence-corrected chi connectivity index (χ0v) is 8.46. The topological polar surface area (TPSA) is 12.5 Å². The largest absolute Gasteiger partial charge is 0.381 e.